The number of aryl methyl sites for hydroxylation is 2. The minimum Gasteiger partial charge on any atom is -0.494 e. The van der Waals surface area contributed by atoms with Gasteiger partial charge in [-0.3, -0.25) is 19.8 Å². The Labute approximate surface area is 197 Å². The van der Waals surface area contributed by atoms with Gasteiger partial charge in [0.05, 0.1) is 36.6 Å². The summed E-state index contributed by atoms with van der Waals surface area (Å²) in [6, 6.07) is 9.61. The molecule has 2 aromatic heterocycles. The summed E-state index contributed by atoms with van der Waals surface area (Å²) >= 11 is 0. The van der Waals surface area contributed by atoms with Gasteiger partial charge in [-0.1, -0.05) is 12.1 Å². The second-order valence-electron chi connectivity index (χ2n) is 8.73. The number of hydrazine groups is 1. The summed E-state index contributed by atoms with van der Waals surface area (Å²) in [5.74, 6) is 1.73. The molecule has 11 nitrogen and oxygen atoms in total. The molecule has 3 aromatic rings. The number of ether oxygens (including phenoxy) is 1. The second kappa shape index (κ2) is 8.92. The van der Waals surface area contributed by atoms with Gasteiger partial charge in [-0.2, -0.15) is 5.10 Å². The Kier molecular flexibility index (Phi) is 5.80. The van der Waals surface area contributed by atoms with Crippen LogP contribution in [0.4, 0.5) is 11.5 Å². The van der Waals surface area contributed by atoms with Gasteiger partial charge in [0.1, 0.15) is 12.1 Å². The van der Waals surface area contributed by atoms with E-state index in [0.29, 0.717) is 18.0 Å². The molecule has 1 aromatic carbocycles. The van der Waals surface area contributed by atoms with E-state index in [1.807, 2.05) is 50.5 Å². The second-order valence-corrected chi connectivity index (χ2v) is 8.73. The smallest absolute Gasteiger partial charge is 0.244 e. The van der Waals surface area contributed by atoms with E-state index in [-0.39, 0.29) is 30.2 Å². The highest BCUT2D eigenvalue weighted by atomic mass is 16.5. The largest absolute Gasteiger partial charge is 0.494 e. The van der Waals surface area contributed by atoms with Crippen LogP contribution in [-0.4, -0.2) is 63.2 Å². The number of carbonyl (C=O) groups excluding carboxylic acids is 1. The molecule has 4 N–H and O–H groups in total. The third kappa shape index (κ3) is 4.15. The lowest BCUT2D eigenvalue weighted by atomic mass is 9.88. The molecule has 178 valence electrons. The highest BCUT2D eigenvalue weighted by Gasteiger charge is 2.48. The van der Waals surface area contributed by atoms with Crippen molar-refractivity contribution in [3.63, 3.8) is 0 Å². The number of para-hydroxylation sites is 1. The van der Waals surface area contributed by atoms with Crippen LogP contribution in [0.1, 0.15) is 12.0 Å². The van der Waals surface area contributed by atoms with Gasteiger partial charge in [-0.15, -0.1) is 0 Å². The third-order valence-corrected chi connectivity index (χ3v) is 6.25. The van der Waals surface area contributed by atoms with Crippen molar-refractivity contribution in [1.29, 1.82) is 0 Å². The van der Waals surface area contributed by atoms with Crippen molar-refractivity contribution in [3.05, 3.63) is 48.4 Å². The van der Waals surface area contributed by atoms with Crippen molar-refractivity contribution >= 4 is 17.4 Å². The van der Waals surface area contributed by atoms with Crippen LogP contribution in [0.5, 0.6) is 5.75 Å². The fraction of sp³-hybridized carbons (Fsp3) is 0.391. The fourth-order valence-corrected chi connectivity index (χ4v) is 4.64. The van der Waals surface area contributed by atoms with Crippen LogP contribution >= 0.6 is 0 Å². The van der Waals surface area contributed by atoms with Gasteiger partial charge in [0.2, 0.25) is 5.91 Å². The molecular weight excluding hydrogens is 434 g/mol. The first-order chi connectivity index (χ1) is 16.4. The van der Waals surface area contributed by atoms with Gasteiger partial charge in [-0.05, 0) is 30.7 Å². The summed E-state index contributed by atoms with van der Waals surface area (Å²) < 4.78 is 7.42. The number of hydrogen-bond donors (Lipinski definition) is 4. The van der Waals surface area contributed by atoms with E-state index in [9.17, 15) is 4.79 Å². The summed E-state index contributed by atoms with van der Waals surface area (Å²) in [6.07, 6.45) is 3.80. The maximum Gasteiger partial charge on any atom is 0.244 e. The summed E-state index contributed by atoms with van der Waals surface area (Å²) in [5, 5.41) is 16.5. The first-order valence-electron chi connectivity index (χ1n) is 11.2. The van der Waals surface area contributed by atoms with Crippen molar-refractivity contribution in [2.75, 3.05) is 24.8 Å². The number of aromatic nitrogens is 4. The summed E-state index contributed by atoms with van der Waals surface area (Å²) in [4.78, 5) is 21.8. The van der Waals surface area contributed by atoms with Gasteiger partial charge in [-0.25, -0.2) is 15.4 Å². The zero-order valence-electron chi connectivity index (χ0n) is 19.6. The Balaban J connectivity index is 1.43. The van der Waals surface area contributed by atoms with Gasteiger partial charge >= 0.3 is 0 Å². The number of amides is 1. The van der Waals surface area contributed by atoms with Gasteiger partial charge in [0.25, 0.3) is 0 Å². The average Bonchev–Trinajstić information content (AvgIpc) is 3.38. The molecule has 2 aliphatic rings. The summed E-state index contributed by atoms with van der Waals surface area (Å²) in [5.41, 5.74) is 5.90. The van der Waals surface area contributed by atoms with Crippen LogP contribution in [0, 0.1) is 12.8 Å². The summed E-state index contributed by atoms with van der Waals surface area (Å²) in [6.45, 7) is 2.01. The van der Waals surface area contributed by atoms with E-state index >= 15 is 0 Å². The minimum atomic E-state index is -0.296. The van der Waals surface area contributed by atoms with Crippen molar-refractivity contribution in [2.45, 2.75) is 31.7 Å². The number of benzene rings is 1. The maximum atomic E-state index is 13.0. The molecule has 11 heteroatoms. The Morgan fingerprint density at radius 1 is 1.15 bits per heavy atom. The zero-order valence-corrected chi connectivity index (χ0v) is 19.6. The van der Waals surface area contributed by atoms with Crippen LogP contribution in [0.3, 0.4) is 0 Å². The molecule has 1 amide bonds. The topological polar surface area (TPSA) is 121 Å². The third-order valence-electron chi connectivity index (χ3n) is 6.25. The Bertz CT molecular complexity index is 1180. The molecule has 5 rings (SSSR count). The van der Waals surface area contributed by atoms with E-state index in [0.717, 1.165) is 22.6 Å². The molecular formula is C23H29N9O2. The van der Waals surface area contributed by atoms with Crippen LogP contribution in [0.15, 0.2) is 42.9 Å². The number of hydrogen-bond acceptors (Lipinski definition) is 9. The number of nitrogens with zero attached hydrogens (tertiary/aromatic N) is 5. The van der Waals surface area contributed by atoms with Crippen LogP contribution < -0.4 is 26.1 Å². The molecule has 0 aliphatic carbocycles. The standard InChI is InChI=1S/C23H29N9O2/c1-13-8-9-17(24-11-13)27-18-10-16(19-22(28-18)30-32(3)23(19)33)26-15-7-5-6-14(20(15)34-4)21-25-12-31(2)29-21/h5-9,11-12,16,18-19,22,26,28,30H,10H2,1-4H3,(H,24,27). The number of pyridine rings is 1. The molecule has 0 saturated carbocycles. The molecule has 4 heterocycles. The van der Waals surface area contributed by atoms with E-state index in [1.165, 1.54) is 0 Å². The minimum absolute atomic E-state index is 0.0309. The molecule has 2 aliphatic heterocycles. The van der Waals surface area contributed by atoms with Crippen molar-refractivity contribution < 1.29 is 9.53 Å². The van der Waals surface area contributed by atoms with Crippen LogP contribution in [0.2, 0.25) is 0 Å². The van der Waals surface area contributed by atoms with Crippen molar-refractivity contribution in [3.8, 4) is 17.1 Å². The van der Waals surface area contributed by atoms with Gasteiger partial charge in [0.15, 0.2) is 11.6 Å². The van der Waals surface area contributed by atoms with E-state index < -0.39 is 0 Å². The summed E-state index contributed by atoms with van der Waals surface area (Å²) in [7, 11) is 5.20. The predicted molar refractivity (Wildman–Crippen MR) is 128 cm³/mol. The van der Waals surface area contributed by atoms with E-state index in [4.69, 9.17) is 4.74 Å². The molecule has 2 fully saturated rings. The van der Waals surface area contributed by atoms with Gasteiger partial charge < -0.3 is 15.4 Å². The lowest BCUT2D eigenvalue weighted by Crippen LogP contribution is -2.60. The van der Waals surface area contributed by atoms with E-state index in [2.05, 4.69) is 36.4 Å². The van der Waals surface area contributed by atoms with Crippen molar-refractivity contribution in [1.82, 2.24) is 35.5 Å². The molecule has 0 radical (unpaired) electrons. The monoisotopic (exact) mass is 463 g/mol. The van der Waals surface area contributed by atoms with Crippen LogP contribution in [-0.2, 0) is 11.8 Å². The van der Waals surface area contributed by atoms with Gasteiger partial charge in [0, 0.05) is 32.8 Å². The Morgan fingerprint density at radius 2 is 2.00 bits per heavy atom. The number of fused-ring (bicyclic) bond motifs is 1. The molecule has 4 atom stereocenters. The number of nitrogens with one attached hydrogen (secondary N) is 4. The Hall–Kier alpha value is -3.70. The SMILES string of the molecule is COc1c(NC2CC(Nc3ccc(C)cn3)NC3NN(C)C(=O)C23)cccc1-c1ncn(C)n1. The number of piperidine rings is 1. The van der Waals surface area contributed by atoms with E-state index in [1.54, 1.807) is 30.2 Å². The number of rotatable bonds is 6. The molecule has 2 saturated heterocycles. The molecule has 0 spiro atoms. The first-order valence-corrected chi connectivity index (χ1v) is 11.2. The zero-order chi connectivity index (χ0) is 23.8. The fourth-order valence-electron chi connectivity index (χ4n) is 4.64. The quantitative estimate of drug-likeness (QED) is 0.429. The number of methoxy groups -OCH3 is 1. The number of anilines is 2. The van der Waals surface area contributed by atoms with Crippen molar-refractivity contribution in [2.24, 2.45) is 13.0 Å². The molecule has 0 bridgehead atoms. The maximum absolute atomic E-state index is 13.0. The van der Waals surface area contributed by atoms with Crippen LogP contribution in [0.25, 0.3) is 11.4 Å². The highest BCUT2D eigenvalue weighted by Crippen LogP contribution is 2.37. The molecule has 34 heavy (non-hydrogen) atoms. The predicted octanol–water partition coefficient (Wildman–Crippen LogP) is 1.33. The normalized spacial score (nSPS) is 24.1. The molecule has 4 unspecified atom stereocenters. The first kappa shape index (κ1) is 22.1. The average molecular weight is 464 g/mol. The highest BCUT2D eigenvalue weighted by molar-refractivity contribution is 5.83. The number of carbonyl (C=O) groups is 1. The Morgan fingerprint density at radius 3 is 2.71 bits per heavy atom. The lowest BCUT2D eigenvalue weighted by molar-refractivity contribution is -0.131. The lowest BCUT2D eigenvalue weighted by Gasteiger charge is -2.39.